The number of morpholine rings is 1. The third-order valence-corrected chi connectivity index (χ3v) is 3.63. The van der Waals surface area contributed by atoms with Crippen LogP contribution in [0.2, 0.25) is 0 Å². The molecule has 2 fully saturated rings. The van der Waals surface area contributed by atoms with E-state index in [-0.39, 0.29) is 6.09 Å². The molecule has 19 heavy (non-hydrogen) atoms. The number of amides is 1. The number of rotatable bonds is 1. The maximum atomic E-state index is 12.1. The van der Waals surface area contributed by atoms with Crippen molar-refractivity contribution in [1.82, 2.24) is 10.2 Å². The number of carbonyl (C=O) groups excluding carboxylic acids is 1. The van der Waals surface area contributed by atoms with Crippen molar-refractivity contribution >= 4 is 6.09 Å². The van der Waals surface area contributed by atoms with Crippen molar-refractivity contribution in [3.63, 3.8) is 0 Å². The van der Waals surface area contributed by atoms with Gasteiger partial charge in [0.15, 0.2) is 0 Å². The first-order valence-electron chi connectivity index (χ1n) is 7.25. The minimum Gasteiger partial charge on any atom is -0.444 e. The summed E-state index contributed by atoms with van der Waals surface area (Å²) in [6, 6.07) is 0.374. The largest absolute Gasteiger partial charge is 0.444 e. The van der Waals surface area contributed by atoms with Crippen molar-refractivity contribution in [3.05, 3.63) is 0 Å². The SMILES string of the molecule is CC(C)(C)OC(=O)N1CCCC(C2COCCN2)C1. The van der Waals surface area contributed by atoms with E-state index in [1.54, 1.807) is 0 Å². The molecule has 0 aromatic carbocycles. The number of ether oxygens (including phenoxy) is 2. The standard InChI is InChI=1S/C14H26N2O3/c1-14(2,3)19-13(17)16-7-4-5-11(9-16)12-10-18-8-6-15-12/h11-12,15H,4-10H2,1-3H3. The highest BCUT2D eigenvalue weighted by Crippen LogP contribution is 2.22. The fraction of sp³-hybridized carbons (Fsp3) is 0.929. The van der Waals surface area contributed by atoms with Crippen LogP contribution in [0.4, 0.5) is 4.79 Å². The Morgan fingerprint density at radius 1 is 1.42 bits per heavy atom. The average molecular weight is 270 g/mol. The zero-order valence-electron chi connectivity index (χ0n) is 12.3. The van der Waals surface area contributed by atoms with Crippen LogP contribution in [0.3, 0.4) is 0 Å². The van der Waals surface area contributed by atoms with Crippen molar-refractivity contribution in [2.24, 2.45) is 5.92 Å². The number of carbonyl (C=O) groups is 1. The van der Waals surface area contributed by atoms with Crippen LogP contribution in [0.15, 0.2) is 0 Å². The van der Waals surface area contributed by atoms with Crippen molar-refractivity contribution in [2.45, 2.75) is 45.3 Å². The lowest BCUT2D eigenvalue weighted by Gasteiger charge is -2.39. The highest BCUT2D eigenvalue weighted by molar-refractivity contribution is 5.68. The highest BCUT2D eigenvalue weighted by atomic mass is 16.6. The molecular weight excluding hydrogens is 244 g/mol. The molecule has 1 N–H and O–H groups in total. The minimum atomic E-state index is -0.420. The summed E-state index contributed by atoms with van der Waals surface area (Å²) in [7, 11) is 0. The summed E-state index contributed by atoms with van der Waals surface area (Å²) < 4.78 is 11.0. The predicted molar refractivity (Wildman–Crippen MR) is 73.1 cm³/mol. The lowest BCUT2D eigenvalue weighted by atomic mass is 9.90. The first kappa shape index (κ1) is 14.6. The van der Waals surface area contributed by atoms with Gasteiger partial charge in [-0.15, -0.1) is 0 Å². The fourth-order valence-corrected chi connectivity index (χ4v) is 2.72. The number of nitrogens with one attached hydrogen (secondary N) is 1. The fourth-order valence-electron chi connectivity index (χ4n) is 2.72. The molecule has 0 bridgehead atoms. The maximum absolute atomic E-state index is 12.1. The molecule has 2 heterocycles. The highest BCUT2D eigenvalue weighted by Gasteiger charge is 2.32. The Kier molecular flexibility index (Phi) is 4.68. The van der Waals surface area contributed by atoms with Crippen LogP contribution >= 0.6 is 0 Å². The molecule has 0 saturated carbocycles. The molecule has 0 aliphatic carbocycles. The van der Waals surface area contributed by atoms with Crippen LogP contribution in [0.25, 0.3) is 0 Å². The lowest BCUT2D eigenvalue weighted by Crippen LogP contribution is -2.52. The van der Waals surface area contributed by atoms with Crippen LogP contribution in [0.1, 0.15) is 33.6 Å². The summed E-state index contributed by atoms with van der Waals surface area (Å²) in [4.78, 5) is 13.9. The molecule has 2 unspecified atom stereocenters. The molecular formula is C14H26N2O3. The van der Waals surface area contributed by atoms with E-state index < -0.39 is 5.60 Å². The van der Waals surface area contributed by atoms with Gasteiger partial charge in [0.05, 0.1) is 13.2 Å². The molecule has 2 saturated heterocycles. The van der Waals surface area contributed by atoms with Crippen LogP contribution in [0.5, 0.6) is 0 Å². The molecule has 110 valence electrons. The van der Waals surface area contributed by atoms with E-state index in [0.717, 1.165) is 45.7 Å². The zero-order chi connectivity index (χ0) is 13.9. The number of nitrogens with zero attached hydrogens (tertiary/aromatic N) is 1. The molecule has 5 nitrogen and oxygen atoms in total. The Bertz CT molecular complexity index is 308. The Morgan fingerprint density at radius 3 is 2.84 bits per heavy atom. The maximum Gasteiger partial charge on any atom is 0.410 e. The van der Waals surface area contributed by atoms with Gasteiger partial charge < -0.3 is 19.7 Å². The first-order valence-corrected chi connectivity index (χ1v) is 7.25. The average Bonchev–Trinajstić information content (AvgIpc) is 2.38. The van der Waals surface area contributed by atoms with E-state index in [0.29, 0.717) is 12.0 Å². The van der Waals surface area contributed by atoms with E-state index in [2.05, 4.69) is 5.32 Å². The molecule has 0 aromatic heterocycles. The minimum absolute atomic E-state index is 0.186. The van der Waals surface area contributed by atoms with Crippen molar-refractivity contribution in [1.29, 1.82) is 0 Å². The summed E-state index contributed by atoms with van der Waals surface area (Å²) >= 11 is 0. The molecule has 0 spiro atoms. The van der Waals surface area contributed by atoms with Gasteiger partial charge >= 0.3 is 6.09 Å². The van der Waals surface area contributed by atoms with Gasteiger partial charge in [0, 0.05) is 25.7 Å². The molecule has 0 radical (unpaired) electrons. The van der Waals surface area contributed by atoms with Crippen LogP contribution in [0, 0.1) is 5.92 Å². The first-order chi connectivity index (χ1) is 8.96. The van der Waals surface area contributed by atoms with E-state index in [4.69, 9.17) is 9.47 Å². The van der Waals surface area contributed by atoms with Gasteiger partial charge in [-0.3, -0.25) is 0 Å². The van der Waals surface area contributed by atoms with Crippen molar-refractivity contribution < 1.29 is 14.3 Å². The molecule has 0 aromatic rings. The van der Waals surface area contributed by atoms with E-state index >= 15 is 0 Å². The molecule has 2 aliphatic heterocycles. The van der Waals surface area contributed by atoms with E-state index in [1.807, 2.05) is 25.7 Å². The van der Waals surface area contributed by atoms with Gasteiger partial charge in [0.2, 0.25) is 0 Å². The Labute approximate surface area is 115 Å². The monoisotopic (exact) mass is 270 g/mol. The topological polar surface area (TPSA) is 50.8 Å². The summed E-state index contributed by atoms with van der Waals surface area (Å²) in [6.07, 6.45) is 2.01. The second-order valence-corrected chi connectivity index (χ2v) is 6.46. The van der Waals surface area contributed by atoms with Gasteiger partial charge in [-0.05, 0) is 39.5 Å². The number of likely N-dealkylation sites (tertiary alicyclic amines) is 1. The third-order valence-electron chi connectivity index (χ3n) is 3.63. The zero-order valence-corrected chi connectivity index (χ0v) is 12.3. The molecule has 5 heteroatoms. The van der Waals surface area contributed by atoms with Crippen molar-refractivity contribution in [2.75, 3.05) is 32.8 Å². The summed E-state index contributed by atoms with van der Waals surface area (Å²) in [6.45, 7) is 9.75. The number of hydrogen-bond donors (Lipinski definition) is 1. The van der Waals surface area contributed by atoms with E-state index in [9.17, 15) is 4.79 Å². The third kappa shape index (κ3) is 4.35. The van der Waals surface area contributed by atoms with Gasteiger partial charge in [0.25, 0.3) is 0 Å². The van der Waals surface area contributed by atoms with E-state index in [1.165, 1.54) is 0 Å². The summed E-state index contributed by atoms with van der Waals surface area (Å²) in [5.74, 6) is 0.474. The van der Waals surface area contributed by atoms with Gasteiger partial charge in [-0.1, -0.05) is 0 Å². The normalized spacial score (nSPS) is 29.1. The Hall–Kier alpha value is -0.810. The second-order valence-electron chi connectivity index (χ2n) is 6.46. The molecule has 2 rings (SSSR count). The number of piperidine rings is 1. The Balaban J connectivity index is 1.87. The smallest absolute Gasteiger partial charge is 0.410 e. The number of hydrogen-bond acceptors (Lipinski definition) is 4. The van der Waals surface area contributed by atoms with Gasteiger partial charge in [-0.2, -0.15) is 0 Å². The summed E-state index contributed by atoms with van der Waals surface area (Å²) in [5, 5.41) is 3.49. The van der Waals surface area contributed by atoms with Gasteiger partial charge in [0.1, 0.15) is 5.60 Å². The van der Waals surface area contributed by atoms with Gasteiger partial charge in [-0.25, -0.2) is 4.79 Å². The molecule has 1 amide bonds. The summed E-state index contributed by atoms with van der Waals surface area (Å²) in [5.41, 5.74) is -0.420. The van der Waals surface area contributed by atoms with Crippen molar-refractivity contribution in [3.8, 4) is 0 Å². The van der Waals surface area contributed by atoms with Crippen LogP contribution in [-0.4, -0.2) is 55.5 Å². The lowest BCUT2D eigenvalue weighted by molar-refractivity contribution is 0.00402. The Morgan fingerprint density at radius 2 is 2.21 bits per heavy atom. The van der Waals surface area contributed by atoms with Crippen LogP contribution in [-0.2, 0) is 9.47 Å². The predicted octanol–water partition coefficient (Wildman–Crippen LogP) is 1.62. The molecule has 2 aliphatic rings. The quantitative estimate of drug-likeness (QED) is 0.786. The van der Waals surface area contributed by atoms with Crippen LogP contribution < -0.4 is 5.32 Å². The molecule has 2 atom stereocenters. The second kappa shape index (κ2) is 6.09.